The number of fused-ring (bicyclic) bond motifs is 2. The van der Waals surface area contributed by atoms with Crippen molar-refractivity contribution in [1.82, 2.24) is 9.80 Å². The number of amidine groups is 2. The minimum Gasteiger partial charge on any atom is -0.505 e. The van der Waals surface area contributed by atoms with E-state index in [0.717, 1.165) is 61.3 Å². The maximum Gasteiger partial charge on any atom is 0.161 e. The number of ether oxygens (including phenoxy) is 7. The number of halogens is 1. The molecule has 0 N–H and O–H groups in total. The third-order valence-electron chi connectivity index (χ3n) is 14.0. The van der Waals surface area contributed by atoms with Gasteiger partial charge in [0, 0.05) is 40.0 Å². The molecule has 17 heteroatoms. The summed E-state index contributed by atoms with van der Waals surface area (Å²) in [5, 5.41) is 5.33. The van der Waals surface area contributed by atoms with Gasteiger partial charge in [-0.15, -0.1) is 0 Å². The summed E-state index contributed by atoms with van der Waals surface area (Å²) < 4.78 is 46.3. The van der Waals surface area contributed by atoms with E-state index in [0.29, 0.717) is 13.2 Å². The maximum absolute atomic E-state index is 11.4. The number of hydrogen-bond acceptors (Lipinski definition) is 15. The van der Waals surface area contributed by atoms with Crippen LogP contribution in [-0.4, -0.2) is 129 Å². The number of aldehydes is 1. The molecule has 75 heavy (non-hydrogen) atoms. The van der Waals surface area contributed by atoms with Gasteiger partial charge >= 0.3 is 143 Å². The van der Waals surface area contributed by atoms with E-state index in [1.807, 2.05) is 154 Å². The fourth-order valence-electron chi connectivity index (χ4n) is 9.71. The first-order valence-corrected chi connectivity index (χ1v) is 29.5. The molecule has 0 unspecified atom stereocenters. The molecular formula is C58H72ClN4O9PS2. The quantitative estimate of drug-likeness (QED) is 0.0530. The standard InChI is InChI=1S/C20H20ClOP.C20H28N2O4S.C18H24N2O4S/c1-2-23(22-21,18-12-6-3-7-13-18,19-14-8-4-9-15-19)20-16-10-5-11-17-20;1-13-16(10-11-23-4)26-19-17(21-20(27-19)22(2)3)18(13)25-12-14-6-8-15(24-5)9-7-14;1-11-14(9-21)24-17-15(19-18(25-17)20(2)3)16(11)23-10-12-5-7-13(22-4)8-6-12/h3-17H,2H2,1H3;6-11,13,16-19H,12H2,1-5H3;5-9,11,14-17H,10H2,1-4H3/b;11-10+;/t;13-,16-,17-,18+,19-;11-,14-,15-,16+,17-/m.11/s1. The molecule has 2 saturated heterocycles. The third kappa shape index (κ3) is 12.9. The Hall–Kier alpha value is -4.93. The Morgan fingerprint density at radius 2 is 0.987 bits per heavy atom. The summed E-state index contributed by atoms with van der Waals surface area (Å²) in [7, 11) is 12.9. The molecule has 0 spiro atoms. The Morgan fingerprint density at radius 1 is 0.600 bits per heavy atom. The van der Waals surface area contributed by atoms with Crippen molar-refractivity contribution in [2.75, 3.05) is 55.7 Å². The number of hydrogen-bond donors (Lipinski definition) is 0. The molecule has 13 nitrogen and oxygen atoms in total. The largest absolute Gasteiger partial charge is 0.505 e. The molecular weight excluding hydrogens is 1030 g/mol. The zero-order chi connectivity index (χ0) is 53.6. The van der Waals surface area contributed by atoms with Crippen LogP contribution in [0.3, 0.4) is 0 Å². The molecule has 10 atom stereocenters. The fraction of sp³-hybridized carbons (Fsp3) is 0.397. The van der Waals surface area contributed by atoms with Gasteiger partial charge in [0.1, 0.15) is 46.8 Å². The van der Waals surface area contributed by atoms with Crippen molar-refractivity contribution >= 4 is 74.8 Å². The van der Waals surface area contributed by atoms with Crippen molar-refractivity contribution in [1.29, 1.82) is 0 Å². The first-order valence-electron chi connectivity index (χ1n) is 25.1. The predicted molar refractivity (Wildman–Crippen MR) is 309 cm³/mol. The van der Waals surface area contributed by atoms with E-state index in [1.165, 1.54) is 0 Å². The van der Waals surface area contributed by atoms with Crippen LogP contribution in [0.5, 0.6) is 11.5 Å². The van der Waals surface area contributed by atoms with Crippen LogP contribution in [0.4, 0.5) is 0 Å². The van der Waals surface area contributed by atoms with Gasteiger partial charge in [0.25, 0.3) is 0 Å². The van der Waals surface area contributed by atoms with Gasteiger partial charge in [-0.05, 0) is 41.5 Å². The molecule has 0 radical (unpaired) electrons. The summed E-state index contributed by atoms with van der Waals surface area (Å²) in [6.07, 6.45) is 4.56. The molecule has 0 aliphatic carbocycles. The Bertz CT molecular complexity index is 2550. The third-order valence-corrected chi connectivity index (χ3v) is 23.2. The number of carbonyl (C=O) groups excluding carboxylic acids is 1. The minimum atomic E-state index is -3.16. The van der Waals surface area contributed by atoms with E-state index >= 15 is 0 Å². The SMILES string of the molecule is CCP(OCl)(c1ccccc1)(c1ccccc1)c1ccccc1.CO/C=C/[C@H]1O[C@@H]2SC(N(C)C)=N[C@@H]2[C@@H](OCc2ccc(OC)cc2)[C@@H]1C.COc1ccc(CO[C@H]2[C@H](C)[C@@H](C=O)O[C@@H]3SC(N(C)C)=N[C@H]23)cc1. The molecule has 0 amide bonds. The number of carbonyl (C=O) groups is 1. The smallest absolute Gasteiger partial charge is 0.161 e. The van der Waals surface area contributed by atoms with E-state index in [9.17, 15) is 4.79 Å². The molecule has 4 aliphatic heterocycles. The van der Waals surface area contributed by atoms with Gasteiger partial charge in [0.2, 0.25) is 0 Å². The van der Waals surface area contributed by atoms with Crippen molar-refractivity contribution in [3.63, 3.8) is 0 Å². The number of thioether (sulfide) groups is 2. The van der Waals surface area contributed by atoms with Gasteiger partial charge in [0.15, 0.2) is 10.3 Å². The van der Waals surface area contributed by atoms with E-state index < -0.39 is 12.9 Å². The number of nitrogens with zero attached hydrogens (tertiary/aromatic N) is 4. The van der Waals surface area contributed by atoms with Crippen LogP contribution in [0.15, 0.2) is 162 Å². The molecule has 5 aromatic carbocycles. The van der Waals surface area contributed by atoms with Crippen LogP contribution < -0.4 is 25.4 Å². The Balaban J connectivity index is 0.000000165. The number of methoxy groups -OCH3 is 3. The van der Waals surface area contributed by atoms with Crippen LogP contribution in [0.2, 0.25) is 0 Å². The average molecular weight is 1100 g/mol. The van der Waals surface area contributed by atoms with Gasteiger partial charge in [-0.3, -0.25) is 9.98 Å². The van der Waals surface area contributed by atoms with Crippen LogP contribution in [0, 0.1) is 11.8 Å². The second-order valence-corrected chi connectivity index (χ2v) is 26.3. The van der Waals surface area contributed by atoms with Crippen molar-refractivity contribution in [2.45, 2.75) is 81.4 Å². The average Bonchev–Trinajstić information content (AvgIpc) is 4.12. The van der Waals surface area contributed by atoms with Crippen LogP contribution >= 0.6 is 42.2 Å². The molecule has 0 aromatic heterocycles. The summed E-state index contributed by atoms with van der Waals surface area (Å²) in [5.74, 6) is 1.76. The zero-order valence-electron chi connectivity index (χ0n) is 44.5. The van der Waals surface area contributed by atoms with Crippen molar-refractivity contribution < 1.29 is 42.0 Å². The summed E-state index contributed by atoms with van der Waals surface area (Å²) in [6.45, 7) is 4.13. The van der Waals surface area contributed by atoms with Gasteiger partial charge in [0.05, 0.1) is 59.1 Å². The van der Waals surface area contributed by atoms with Gasteiger partial charge in [-0.2, -0.15) is 0 Å². The predicted octanol–water partition coefficient (Wildman–Crippen LogP) is 9.93. The minimum absolute atomic E-state index is 0.0205. The monoisotopic (exact) mass is 1100 g/mol. The maximum atomic E-state index is 11.4. The van der Waals surface area contributed by atoms with E-state index in [2.05, 4.69) is 50.2 Å². The van der Waals surface area contributed by atoms with E-state index in [1.54, 1.807) is 51.1 Å². The van der Waals surface area contributed by atoms with Gasteiger partial charge in [-0.25, -0.2) is 0 Å². The van der Waals surface area contributed by atoms with Crippen LogP contribution in [0.1, 0.15) is 31.9 Å². The number of rotatable bonds is 16. The summed E-state index contributed by atoms with van der Waals surface area (Å²) in [6, 6.07) is 46.8. The summed E-state index contributed by atoms with van der Waals surface area (Å²) in [4.78, 5) is 25.0. The summed E-state index contributed by atoms with van der Waals surface area (Å²) >= 11 is 9.55. The molecule has 4 aliphatic rings. The molecule has 0 saturated carbocycles. The van der Waals surface area contributed by atoms with E-state index in [-0.39, 0.29) is 53.1 Å². The fourth-order valence-corrected chi connectivity index (χ4v) is 17.7. The Morgan fingerprint density at radius 3 is 1.32 bits per heavy atom. The second kappa shape index (κ2) is 26.9. The Labute approximate surface area is 457 Å². The first-order chi connectivity index (χ1) is 36.3. The zero-order valence-corrected chi connectivity index (χ0v) is 47.8. The first kappa shape index (κ1) is 57.8. The van der Waals surface area contributed by atoms with Crippen molar-refractivity contribution in [3.8, 4) is 11.5 Å². The second-order valence-electron chi connectivity index (χ2n) is 19.0. The van der Waals surface area contributed by atoms with Crippen molar-refractivity contribution in [2.24, 2.45) is 21.8 Å². The summed E-state index contributed by atoms with van der Waals surface area (Å²) in [5.41, 5.74) is 1.94. The molecule has 5 aromatic rings. The number of benzene rings is 5. The normalized spacial score (nSPS) is 25.3. The molecule has 9 rings (SSSR count). The molecule has 0 bridgehead atoms. The molecule has 4 heterocycles. The van der Waals surface area contributed by atoms with Crippen LogP contribution in [-0.2, 0) is 45.8 Å². The molecule has 2 fully saturated rings. The van der Waals surface area contributed by atoms with Crippen LogP contribution in [0.25, 0.3) is 0 Å². The van der Waals surface area contributed by atoms with Gasteiger partial charge in [-0.1, -0.05) is 61.6 Å². The van der Waals surface area contributed by atoms with Gasteiger partial charge < -0.3 is 47.8 Å². The van der Waals surface area contributed by atoms with Crippen molar-refractivity contribution in [3.05, 3.63) is 163 Å². The Kier molecular flexibility index (Phi) is 20.7. The number of aliphatic imine (C=N–C) groups is 2. The van der Waals surface area contributed by atoms with E-state index in [4.69, 9.17) is 59.1 Å². The topological polar surface area (TPSA) is 122 Å². The molecule has 402 valence electrons.